The molecule has 6 rings (SSSR count). The van der Waals surface area contributed by atoms with E-state index in [-0.39, 0.29) is 17.7 Å². The van der Waals surface area contributed by atoms with Gasteiger partial charge in [0.05, 0.1) is 23.3 Å². The van der Waals surface area contributed by atoms with Gasteiger partial charge in [-0.15, -0.1) is 0 Å². The van der Waals surface area contributed by atoms with E-state index in [4.69, 9.17) is 28.3 Å². The number of nitrogens with two attached hydrogens (primary N) is 1. The van der Waals surface area contributed by atoms with E-state index in [1.807, 2.05) is 31.2 Å². The Bertz CT molecular complexity index is 1440. The van der Waals surface area contributed by atoms with Crippen LogP contribution in [0.5, 0.6) is 0 Å². The Labute approximate surface area is 237 Å². The Balaban J connectivity index is 1.10. The number of hydrogen-bond donors (Lipinski definition) is 1. The number of hydrogen-bond acceptors (Lipinski definition) is 10. The first-order chi connectivity index (χ1) is 19.2. The van der Waals surface area contributed by atoms with Crippen molar-refractivity contribution in [3.8, 4) is 6.07 Å². The van der Waals surface area contributed by atoms with Gasteiger partial charge in [-0.25, -0.2) is 4.98 Å². The van der Waals surface area contributed by atoms with E-state index in [0.29, 0.717) is 16.7 Å². The molecule has 40 heavy (non-hydrogen) atoms. The average molecular weight is 537 g/mol. The Morgan fingerprint density at radius 3 is 2.55 bits per heavy atom. The number of rotatable bonds is 5. The fourth-order valence-corrected chi connectivity index (χ4v) is 6.17. The van der Waals surface area contributed by atoms with Crippen molar-refractivity contribution in [1.29, 1.82) is 5.26 Å². The van der Waals surface area contributed by atoms with E-state index in [2.05, 4.69) is 44.5 Å². The minimum absolute atomic E-state index is 0.0709. The molecule has 0 aliphatic carbocycles. The summed E-state index contributed by atoms with van der Waals surface area (Å²) in [5.74, 6) is 1.77. The van der Waals surface area contributed by atoms with E-state index in [1.54, 1.807) is 6.07 Å². The summed E-state index contributed by atoms with van der Waals surface area (Å²) in [6.07, 6.45) is 0.157. The molecule has 3 saturated heterocycles. The van der Waals surface area contributed by atoms with E-state index < -0.39 is 0 Å². The summed E-state index contributed by atoms with van der Waals surface area (Å²) in [6, 6.07) is 11.9. The highest BCUT2D eigenvalue weighted by Crippen LogP contribution is 2.30. The molecule has 206 valence electrons. The van der Waals surface area contributed by atoms with Crippen LogP contribution in [0, 0.1) is 18.3 Å². The molecule has 1 aromatic carbocycles. The molecule has 5 heterocycles. The van der Waals surface area contributed by atoms with Crippen LogP contribution in [0.25, 0.3) is 10.9 Å². The van der Waals surface area contributed by atoms with Gasteiger partial charge in [-0.1, -0.05) is 6.07 Å². The fraction of sp³-hybridized carbons (Fsp3) is 0.517. The van der Waals surface area contributed by atoms with Gasteiger partial charge < -0.3 is 25.2 Å². The van der Waals surface area contributed by atoms with Gasteiger partial charge in [-0.3, -0.25) is 9.88 Å². The normalized spacial score (nSPS) is 23.2. The van der Waals surface area contributed by atoms with Crippen molar-refractivity contribution in [2.75, 3.05) is 73.6 Å². The summed E-state index contributed by atoms with van der Waals surface area (Å²) in [7, 11) is 5.94. The third-order valence-electron chi connectivity index (χ3n) is 8.02. The number of nitrogens with zero attached hydrogens (tertiary/aromatic N) is 8. The van der Waals surface area contributed by atoms with Gasteiger partial charge in [0.15, 0.2) is 0 Å². The van der Waals surface area contributed by atoms with E-state index in [9.17, 15) is 5.26 Å². The van der Waals surface area contributed by atoms with Crippen LogP contribution >= 0.6 is 0 Å². The summed E-state index contributed by atoms with van der Waals surface area (Å²) >= 11 is 0. The van der Waals surface area contributed by atoms with Crippen LogP contribution in [0.1, 0.15) is 25.1 Å². The Hall–Kier alpha value is -3.46. The molecule has 3 fully saturated rings. The number of morpholine rings is 1. The molecule has 3 aromatic rings. The van der Waals surface area contributed by atoms with Crippen LogP contribution in [-0.2, 0) is 4.74 Å². The maximum Gasteiger partial charge on any atom is 0.227 e. The zero-order valence-corrected chi connectivity index (χ0v) is 23.5. The fourth-order valence-electron chi connectivity index (χ4n) is 6.17. The van der Waals surface area contributed by atoms with Crippen LogP contribution in [0.15, 0.2) is 30.3 Å². The van der Waals surface area contributed by atoms with E-state index in [1.165, 1.54) is 0 Å². The average Bonchev–Trinajstić information content (AvgIpc) is 2.90. The van der Waals surface area contributed by atoms with Gasteiger partial charge >= 0.3 is 0 Å². The number of fused-ring (bicyclic) bond motifs is 1. The third-order valence-corrected chi connectivity index (χ3v) is 8.02. The van der Waals surface area contributed by atoms with Crippen LogP contribution < -0.4 is 26.0 Å². The number of aryl methyl sites for hydroxylation is 1. The first-order valence-corrected chi connectivity index (χ1v) is 14.0. The summed E-state index contributed by atoms with van der Waals surface area (Å²) in [4.78, 5) is 23.4. The number of anilines is 3. The third kappa shape index (κ3) is 5.44. The molecule has 2 N–H and O–H groups in total. The van der Waals surface area contributed by atoms with Crippen molar-refractivity contribution in [2.24, 2.45) is 5.73 Å². The van der Waals surface area contributed by atoms with Crippen molar-refractivity contribution in [3.63, 3.8) is 0 Å². The Morgan fingerprint density at radius 1 is 1.05 bits per heavy atom. The SMILES string of the molecule is [B]c1ccc2c(N3C[C@H](CN4CCN(c5nc(C)cc(N6CC(C)(N)C6)n5)CC4)O[C@H](C)C3)ccc(C#N)c2n1. The second-order valence-electron chi connectivity index (χ2n) is 11.8. The monoisotopic (exact) mass is 537 g/mol. The van der Waals surface area contributed by atoms with Gasteiger partial charge in [-0.05, 0) is 44.6 Å². The second kappa shape index (κ2) is 10.5. The van der Waals surface area contributed by atoms with Crippen molar-refractivity contribution in [3.05, 3.63) is 41.6 Å². The minimum atomic E-state index is -0.142. The summed E-state index contributed by atoms with van der Waals surface area (Å²) < 4.78 is 6.40. The summed E-state index contributed by atoms with van der Waals surface area (Å²) in [6.45, 7) is 13.9. The van der Waals surface area contributed by atoms with Gasteiger partial charge in [0.2, 0.25) is 5.95 Å². The number of benzene rings is 1. The second-order valence-corrected chi connectivity index (χ2v) is 11.8. The topological polar surface area (TPSA) is 111 Å². The molecule has 0 unspecified atom stereocenters. The number of ether oxygens (including phenoxy) is 1. The maximum absolute atomic E-state index is 9.58. The van der Waals surface area contributed by atoms with Gasteiger partial charge in [0.25, 0.3) is 0 Å². The molecule has 0 saturated carbocycles. The Kier molecular flexibility index (Phi) is 7.03. The maximum atomic E-state index is 9.58. The van der Waals surface area contributed by atoms with Crippen LogP contribution in [0.3, 0.4) is 0 Å². The molecular formula is C29H36BN9O. The molecule has 0 amide bonds. The summed E-state index contributed by atoms with van der Waals surface area (Å²) in [5.41, 5.74) is 9.73. The van der Waals surface area contributed by atoms with Crippen LogP contribution in [0.2, 0.25) is 0 Å². The van der Waals surface area contributed by atoms with Crippen molar-refractivity contribution in [2.45, 2.75) is 38.5 Å². The zero-order chi connectivity index (χ0) is 28.0. The highest BCUT2D eigenvalue weighted by atomic mass is 16.5. The number of piperazine rings is 1. The minimum Gasteiger partial charge on any atom is -0.370 e. The highest BCUT2D eigenvalue weighted by molar-refractivity contribution is 6.31. The lowest BCUT2D eigenvalue weighted by molar-refractivity contribution is -0.0327. The lowest BCUT2D eigenvalue weighted by Crippen LogP contribution is -2.65. The molecule has 2 atom stereocenters. The van der Waals surface area contributed by atoms with Crippen molar-refractivity contribution < 1.29 is 4.74 Å². The van der Waals surface area contributed by atoms with Gasteiger partial charge in [0, 0.05) is 87.3 Å². The predicted octanol–water partition coefficient (Wildman–Crippen LogP) is 0.952. The Morgan fingerprint density at radius 2 is 1.82 bits per heavy atom. The first-order valence-electron chi connectivity index (χ1n) is 14.0. The molecule has 2 aromatic heterocycles. The van der Waals surface area contributed by atoms with E-state index >= 15 is 0 Å². The number of pyridine rings is 1. The first kappa shape index (κ1) is 26.8. The molecule has 3 aliphatic rings. The zero-order valence-electron chi connectivity index (χ0n) is 23.5. The van der Waals surface area contributed by atoms with Gasteiger partial charge in [-0.2, -0.15) is 10.2 Å². The van der Waals surface area contributed by atoms with E-state index in [0.717, 1.165) is 87.4 Å². The molecular weight excluding hydrogens is 501 g/mol. The smallest absolute Gasteiger partial charge is 0.227 e. The molecule has 10 nitrogen and oxygen atoms in total. The molecule has 0 spiro atoms. The predicted molar refractivity (Wildman–Crippen MR) is 159 cm³/mol. The quantitative estimate of drug-likeness (QED) is 0.473. The molecule has 3 aliphatic heterocycles. The lowest BCUT2D eigenvalue weighted by Gasteiger charge is -2.46. The highest BCUT2D eigenvalue weighted by Gasteiger charge is 2.36. The molecule has 2 radical (unpaired) electrons. The summed E-state index contributed by atoms with van der Waals surface area (Å²) in [5, 5.41) is 10.5. The number of nitriles is 1. The number of aromatic nitrogens is 3. The standard InChI is InChI=1S/C29H36BN9O/c1-19-12-26(39-17-29(3,32)18-39)35-28(33-19)37-10-8-36(9-11-37)15-22-16-38(14-20(2)40-22)24-6-4-21(13-31)27-23(24)5-7-25(30)34-27/h4-7,12,20,22H,8-11,14-18,32H2,1-3H3/t20-,22+/m1/s1. The largest absolute Gasteiger partial charge is 0.370 e. The van der Waals surface area contributed by atoms with Crippen LogP contribution in [0.4, 0.5) is 17.5 Å². The molecule has 0 bridgehead atoms. The lowest BCUT2D eigenvalue weighted by atomic mass is 9.94. The molecule has 11 heteroatoms. The van der Waals surface area contributed by atoms with Crippen LogP contribution in [-0.4, -0.2) is 104 Å². The van der Waals surface area contributed by atoms with Crippen molar-refractivity contribution >= 4 is 41.8 Å². The van der Waals surface area contributed by atoms with Gasteiger partial charge in [0.1, 0.15) is 19.7 Å². The van der Waals surface area contributed by atoms with Crippen molar-refractivity contribution in [1.82, 2.24) is 19.9 Å².